The van der Waals surface area contributed by atoms with Crippen LogP contribution in [0.25, 0.3) is 0 Å². The lowest BCUT2D eigenvalue weighted by Gasteiger charge is -2.12. The van der Waals surface area contributed by atoms with E-state index in [9.17, 15) is 13.5 Å². The van der Waals surface area contributed by atoms with Gasteiger partial charge in [0.2, 0.25) is 0 Å². The predicted molar refractivity (Wildman–Crippen MR) is 84.3 cm³/mol. The molecule has 0 saturated carbocycles. The van der Waals surface area contributed by atoms with Crippen LogP contribution >= 0.6 is 15.9 Å². The third kappa shape index (κ3) is 3.48. The SMILES string of the molecule is COc1ccc(NS(=O)(=O)c2cc(Br)ccc2C)cc1O. The van der Waals surface area contributed by atoms with Crippen LogP contribution in [0.1, 0.15) is 5.56 Å². The van der Waals surface area contributed by atoms with E-state index in [4.69, 9.17) is 4.74 Å². The number of aromatic hydroxyl groups is 1. The third-order valence-electron chi connectivity index (χ3n) is 2.87. The first-order valence-electron chi connectivity index (χ1n) is 5.99. The molecule has 5 nitrogen and oxygen atoms in total. The first-order chi connectivity index (χ1) is 9.83. The minimum absolute atomic E-state index is 0.135. The van der Waals surface area contributed by atoms with Crippen LogP contribution in [-0.4, -0.2) is 20.6 Å². The molecule has 0 aromatic heterocycles. The average Bonchev–Trinajstić information content (AvgIpc) is 2.41. The number of anilines is 1. The number of phenols is 1. The van der Waals surface area contributed by atoms with E-state index < -0.39 is 10.0 Å². The molecule has 0 aliphatic rings. The van der Waals surface area contributed by atoms with Gasteiger partial charge >= 0.3 is 0 Å². The van der Waals surface area contributed by atoms with Crippen molar-refractivity contribution in [1.29, 1.82) is 0 Å². The Morgan fingerprint density at radius 2 is 1.90 bits per heavy atom. The van der Waals surface area contributed by atoms with E-state index in [1.807, 2.05) is 0 Å². The summed E-state index contributed by atoms with van der Waals surface area (Å²) in [5.74, 6) is 0.139. The van der Waals surface area contributed by atoms with Gasteiger partial charge in [0.25, 0.3) is 10.0 Å². The maximum Gasteiger partial charge on any atom is 0.262 e. The second-order valence-corrected chi connectivity index (χ2v) is 6.97. The predicted octanol–water partition coefficient (Wildman–Crippen LogP) is 3.27. The van der Waals surface area contributed by atoms with Gasteiger partial charge in [-0.05, 0) is 36.8 Å². The molecule has 2 N–H and O–H groups in total. The first kappa shape index (κ1) is 15.7. The van der Waals surface area contributed by atoms with E-state index in [0.29, 0.717) is 10.0 Å². The van der Waals surface area contributed by atoms with Crippen LogP contribution in [0.5, 0.6) is 11.5 Å². The molecule has 0 unspecified atom stereocenters. The van der Waals surface area contributed by atoms with Crippen LogP contribution in [0.15, 0.2) is 45.8 Å². The van der Waals surface area contributed by atoms with Crippen molar-refractivity contribution in [1.82, 2.24) is 0 Å². The molecule has 7 heteroatoms. The molecule has 0 aliphatic heterocycles. The smallest absolute Gasteiger partial charge is 0.262 e. The largest absolute Gasteiger partial charge is 0.504 e. The van der Waals surface area contributed by atoms with Gasteiger partial charge in [-0.1, -0.05) is 22.0 Å². The minimum Gasteiger partial charge on any atom is -0.504 e. The second-order valence-electron chi connectivity index (χ2n) is 4.40. The van der Waals surface area contributed by atoms with E-state index in [0.717, 1.165) is 0 Å². The van der Waals surface area contributed by atoms with E-state index in [2.05, 4.69) is 20.7 Å². The zero-order chi connectivity index (χ0) is 15.6. The van der Waals surface area contributed by atoms with Gasteiger partial charge in [-0.3, -0.25) is 4.72 Å². The molecule has 0 spiro atoms. The summed E-state index contributed by atoms with van der Waals surface area (Å²) < 4.78 is 32.8. The molecular formula is C14H14BrNO4S. The lowest BCUT2D eigenvalue weighted by molar-refractivity contribution is 0.373. The molecule has 0 atom stereocenters. The van der Waals surface area contributed by atoms with Crippen molar-refractivity contribution < 1.29 is 18.3 Å². The molecular weight excluding hydrogens is 358 g/mol. The standard InChI is InChI=1S/C14H14BrNO4S/c1-9-3-4-10(15)7-14(9)21(18,19)16-11-5-6-13(20-2)12(17)8-11/h3-8,16-17H,1-2H3. The molecule has 0 bridgehead atoms. The van der Waals surface area contributed by atoms with Gasteiger partial charge in [0.1, 0.15) is 0 Å². The van der Waals surface area contributed by atoms with Gasteiger partial charge in [-0.25, -0.2) is 8.42 Å². The zero-order valence-electron chi connectivity index (χ0n) is 11.4. The van der Waals surface area contributed by atoms with Crippen LogP contribution in [0.4, 0.5) is 5.69 Å². The fourth-order valence-corrected chi connectivity index (χ4v) is 3.66. The van der Waals surface area contributed by atoms with Crippen LogP contribution in [-0.2, 0) is 10.0 Å². The van der Waals surface area contributed by atoms with Gasteiger partial charge in [0, 0.05) is 10.5 Å². The topological polar surface area (TPSA) is 75.6 Å². The molecule has 0 heterocycles. The maximum absolute atomic E-state index is 12.4. The summed E-state index contributed by atoms with van der Waals surface area (Å²) >= 11 is 3.26. The van der Waals surface area contributed by atoms with Crippen molar-refractivity contribution in [2.75, 3.05) is 11.8 Å². The number of hydrogen-bond donors (Lipinski definition) is 2. The summed E-state index contributed by atoms with van der Waals surface area (Å²) in [5.41, 5.74) is 0.885. The Balaban J connectivity index is 2.37. The summed E-state index contributed by atoms with van der Waals surface area (Å²) in [6.45, 7) is 1.71. The number of benzene rings is 2. The van der Waals surface area contributed by atoms with Crippen molar-refractivity contribution >= 4 is 31.6 Å². The Kier molecular flexibility index (Phi) is 4.43. The summed E-state index contributed by atoms with van der Waals surface area (Å²) in [7, 11) is -2.31. The van der Waals surface area contributed by atoms with E-state index in [-0.39, 0.29) is 22.1 Å². The quantitative estimate of drug-likeness (QED) is 0.864. The van der Waals surface area contributed by atoms with Crippen molar-refractivity contribution in [3.63, 3.8) is 0 Å². The van der Waals surface area contributed by atoms with Crippen molar-refractivity contribution in [2.24, 2.45) is 0 Å². The molecule has 0 radical (unpaired) electrons. The summed E-state index contributed by atoms with van der Waals surface area (Å²) in [4.78, 5) is 0.173. The summed E-state index contributed by atoms with van der Waals surface area (Å²) in [6.07, 6.45) is 0. The average molecular weight is 372 g/mol. The number of aryl methyl sites for hydroxylation is 1. The first-order valence-corrected chi connectivity index (χ1v) is 8.27. The molecule has 112 valence electrons. The van der Waals surface area contributed by atoms with Crippen molar-refractivity contribution in [3.8, 4) is 11.5 Å². The number of ether oxygens (including phenoxy) is 1. The van der Waals surface area contributed by atoms with E-state index in [1.165, 1.54) is 31.4 Å². The minimum atomic E-state index is -3.73. The molecule has 2 rings (SSSR count). The molecule has 0 saturated heterocycles. The number of hydrogen-bond acceptors (Lipinski definition) is 4. The number of sulfonamides is 1. The summed E-state index contributed by atoms with van der Waals surface area (Å²) in [5, 5.41) is 9.69. The highest BCUT2D eigenvalue weighted by Crippen LogP contribution is 2.30. The Morgan fingerprint density at radius 1 is 1.19 bits per heavy atom. The number of halogens is 1. The van der Waals surface area contributed by atoms with Gasteiger partial charge < -0.3 is 9.84 Å². The number of methoxy groups -OCH3 is 1. The fourth-order valence-electron chi connectivity index (χ4n) is 1.83. The number of nitrogens with one attached hydrogen (secondary N) is 1. The Bertz CT molecular complexity index is 775. The zero-order valence-corrected chi connectivity index (χ0v) is 13.8. The monoisotopic (exact) mass is 371 g/mol. The number of phenolic OH excluding ortho intramolecular Hbond substituents is 1. The molecule has 0 aliphatic carbocycles. The van der Waals surface area contributed by atoms with E-state index >= 15 is 0 Å². The normalized spacial score (nSPS) is 11.2. The van der Waals surface area contributed by atoms with Gasteiger partial charge in [-0.2, -0.15) is 0 Å². The molecule has 0 amide bonds. The molecule has 21 heavy (non-hydrogen) atoms. The molecule has 2 aromatic rings. The number of rotatable bonds is 4. The Morgan fingerprint density at radius 3 is 2.52 bits per heavy atom. The van der Waals surface area contributed by atoms with E-state index in [1.54, 1.807) is 19.1 Å². The lowest BCUT2D eigenvalue weighted by atomic mass is 10.2. The van der Waals surface area contributed by atoms with Crippen LogP contribution in [0.2, 0.25) is 0 Å². The van der Waals surface area contributed by atoms with Gasteiger partial charge in [0.05, 0.1) is 17.7 Å². The Hall–Kier alpha value is -1.73. The summed E-state index contributed by atoms with van der Waals surface area (Å²) in [6, 6.07) is 9.31. The van der Waals surface area contributed by atoms with Gasteiger partial charge in [0.15, 0.2) is 11.5 Å². The highest BCUT2D eigenvalue weighted by atomic mass is 79.9. The van der Waals surface area contributed by atoms with Crippen LogP contribution < -0.4 is 9.46 Å². The van der Waals surface area contributed by atoms with Crippen molar-refractivity contribution in [3.05, 3.63) is 46.4 Å². The lowest BCUT2D eigenvalue weighted by Crippen LogP contribution is -2.14. The molecule has 2 aromatic carbocycles. The fraction of sp³-hybridized carbons (Fsp3) is 0.143. The van der Waals surface area contributed by atoms with Crippen molar-refractivity contribution in [2.45, 2.75) is 11.8 Å². The van der Waals surface area contributed by atoms with Crippen LogP contribution in [0, 0.1) is 6.92 Å². The Labute approximate surface area is 131 Å². The maximum atomic E-state index is 12.4. The van der Waals surface area contributed by atoms with Gasteiger partial charge in [-0.15, -0.1) is 0 Å². The molecule has 0 fully saturated rings. The second kappa shape index (κ2) is 5.95. The highest BCUT2D eigenvalue weighted by molar-refractivity contribution is 9.10. The van der Waals surface area contributed by atoms with Crippen LogP contribution in [0.3, 0.4) is 0 Å². The highest BCUT2D eigenvalue weighted by Gasteiger charge is 2.18. The third-order valence-corrected chi connectivity index (χ3v) is 4.89.